The Bertz CT molecular complexity index is 836. The Hall–Kier alpha value is -2.04. The van der Waals surface area contributed by atoms with E-state index in [1.807, 2.05) is 0 Å². The number of cyclic esters (lactones) is 1. The first kappa shape index (κ1) is 19.7. The summed E-state index contributed by atoms with van der Waals surface area (Å²) in [6.45, 7) is 2.61. The monoisotopic (exact) mass is 405 g/mol. The SMILES string of the molecule is CCc1ccc(CCNC(=O)[C@H]2CC(=O)OC2c2ccc(Cl)cc2Cl)cc1. The third-order valence-electron chi connectivity index (χ3n) is 4.76. The van der Waals surface area contributed by atoms with Crippen LogP contribution in [0.5, 0.6) is 0 Å². The predicted molar refractivity (Wildman–Crippen MR) is 106 cm³/mol. The molecule has 142 valence electrons. The van der Waals surface area contributed by atoms with E-state index in [-0.39, 0.29) is 12.3 Å². The first-order valence-electron chi connectivity index (χ1n) is 8.98. The summed E-state index contributed by atoms with van der Waals surface area (Å²) < 4.78 is 5.36. The zero-order chi connectivity index (χ0) is 19.4. The van der Waals surface area contributed by atoms with E-state index in [0.29, 0.717) is 22.2 Å². The summed E-state index contributed by atoms with van der Waals surface area (Å²) >= 11 is 12.2. The highest BCUT2D eigenvalue weighted by Gasteiger charge is 2.41. The highest BCUT2D eigenvalue weighted by atomic mass is 35.5. The Morgan fingerprint density at radius 1 is 1.15 bits per heavy atom. The van der Waals surface area contributed by atoms with E-state index < -0.39 is 18.0 Å². The summed E-state index contributed by atoms with van der Waals surface area (Å²) in [4.78, 5) is 24.4. The van der Waals surface area contributed by atoms with E-state index in [1.165, 1.54) is 5.56 Å². The van der Waals surface area contributed by atoms with Crippen LogP contribution in [0.3, 0.4) is 0 Å². The van der Waals surface area contributed by atoms with Gasteiger partial charge >= 0.3 is 5.97 Å². The van der Waals surface area contributed by atoms with Gasteiger partial charge in [-0.15, -0.1) is 0 Å². The number of nitrogens with one attached hydrogen (secondary N) is 1. The molecule has 1 aliphatic rings. The number of carbonyl (C=O) groups is 2. The lowest BCUT2D eigenvalue weighted by Crippen LogP contribution is -2.33. The number of benzene rings is 2. The number of hydrogen-bond donors (Lipinski definition) is 1. The minimum absolute atomic E-state index is 0.0423. The van der Waals surface area contributed by atoms with Gasteiger partial charge in [0.25, 0.3) is 0 Å². The highest BCUT2D eigenvalue weighted by molar-refractivity contribution is 6.35. The van der Waals surface area contributed by atoms with Crippen LogP contribution < -0.4 is 5.32 Å². The average molecular weight is 406 g/mol. The van der Waals surface area contributed by atoms with Crippen molar-refractivity contribution < 1.29 is 14.3 Å². The Morgan fingerprint density at radius 2 is 1.85 bits per heavy atom. The third-order valence-corrected chi connectivity index (χ3v) is 5.32. The standard InChI is InChI=1S/C21H21Cl2NO3/c1-2-13-3-5-14(6-4-13)9-10-24-21(26)17-12-19(25)27-20(17)16-8-7-15(22)11-18(16)23/h3-8,11,17,20H,2,9-10,12H2,1H3,(H,24,26)/t17-,20?/m0/s1. The van der Waals surface area contributed by atoms with Gasteiger partial charge in [-0.2, -0.15) is 0 Å². The van der Waals surface area contributed by atoms with Crippen molar-refractivity contribution in [3.8, 4) is 0 Å². The second-order valence-electron chi connectivity index (χ2n) is 6.60. The summed E-state index contributed by atoms with van der Waals surface area (Å²) in [6.07, 6.45) is 1.08. The molecule has 27 heavy (non-hydrogen) atoms. The Balaban J connectivity index is 1.62. The van der Waals surface area contributed by atoms with Crippen LogP contribution in [-0.4, -0.2) is 18.4 Å². The zero-order valence-corrected chi connectivity index (χ0v) is 16.5. The van der Waals surface area contributed by atoms with Crippen molar-refractivity contribution in [2.45, 2.75) is 32.3 Å². The van der Waals surface area contributed by atoms with E-state index in [4.69, 9.17) is 27.9 Å². The first-order valence-corrected chi connectivity index (χ1v) is 9.73. The summed E-state index contributed by atoms with van der Waals surface area (Å²) in [6, 6.07) is 13.3. The number of ether oxygens (including phenoxy) is 1. The van der Waals surface area contributed by atoms with Crippen molar-refractivity contribution in [3.63, 3.8) is 0 Å². The molecule has 2 aromatic carbocycles. The van der Waals surface area contributed by atoms with Crippen molar-refractivity contribution in [3.05, 3.63) is 69.2 Å². The fourth-order valence-electron chi connectivity index (χ4n) is 3.20. The molecule has 2 aromatic rings. The van der Waals surface area contributed by atoms with E-state index >= 15 is 0 Å². The fourth-order valence-corrected chi connectivity index (χ4v) is 3.72. The van der Waals surface area contributed by atoms with Gasteiger partial charge in [-0.1, -0.05) is 60.5 Å². The van der Waals surface area contributed by atoms with Crippen LogP contribution in [0.1, 0.15) is 36.1 Å². The normalized spacial score (nSPS) is 19.0. The number of amides is 1. The molecule has 1 amide bonds. The maximum absolute atomic E-state index is 12.6. The minimum atomic E-state index is -0.689. The van der Waals surface area contributed by atoms with Crippen molar-refractivity contribution in [1.82, 2.24) is 5.32 Å². The van der Waals surface area contributed by atoms with Crippen molar-refractivity contribution in [2.24, 2.45) is 5.92 Å². The molecule has 1 fully saturated rings. The number of rotatable bonds is 6. The predicted octanol–water partition coefficient (Wildman–Crippen LogP) is 4.52. The molecule has 1 aliphatic heterocycles. The van der Waals surface area contributed by atoms with Crippen LogP contribution in [-0.2, 0) is 27.2 Å². The molecule has 0 saturated carbocycles. The van der Waals surface area contributed by atoms with Crippen LogP contribution in [0.2, 0.25) is 10.0 Å². The number of esters is 1. The van der Waals surface area contributed by atoms with Crippen LogP contribution in [0.25, 0.3) is 0 Å². The van der Waals surface area contributed by atoms with Crippen molar-refractivity contribution in [2.75, 3.05) is 6.54 Å². The maximum Gasteiger partial charge on any atom is 0.307 e. The molecule has 1 saturated heterocycles. The first-order chi connectivity index (χ1) is 13.0. The zero-order valence-electron chi connectivity index (χ0n) is 15.0. The van der Waals surface area contributed by atoms with Crippen LogP contribution in [0.4, 0.5) is 0 Å². The molecule has 0 spiro atoms. The molecule has 1 N–H and O–H groups in total. The number of aryl methyl sites for hydroxylation is 1. The van der Waals surface area contributed by atoms with E-state index in [1.54, 1.807) is 18.2 Å². The number of carbonyl (C=O) groups excluding carboxylic acids is 2. The Morgan fingerprint density at radius 3 is 2.52 bits per heavy atom. The van der Waals surface area contributed by atoms with Gasteiger partial charge in [0.1, 0.15) is 6.10 Å². The summed E-state index contributed by atoms with van der Waals surface area (Å²) in [7, 11) is 0. The molecule has 2 atom stereocenters. The van der Waals surface area contributed by atoms with Crippen molar-refractivity contribution >= 4 is 35.1 Å². The number of halogens is 2. The van der Waals surface area contributed by atoms with Gasteiger partial charge in [-0.3, -0.25) is 9.59 Å². The highest BCUT2D eigenvalue weighted by Crippen LogP contribution is 2.39. The van der Waals surface area contributed by atoms with Gasteiger partial charge in [-0.05, 0) is 36.1 Å². The molecule has 1 unspecified atom stereocenters. The van der Waals surface area contributed by atoms with Crippen molar-refractivity contribution in [1.29, 1.82) is 0 Å². The van der Waals surface area contributed by atoms with Crippen LogP contribution in [0.15, 0.2) is 42.5 Å². The molecule has 0 radical (unpaired) electrons. The minimum Gasteiger partial charge on any atom is -0.457 e. The molecular formula is C21H21Cl2NO3. The largest absolute Gasteiger partial charge is 0.457 e. The van der Waals surface area contributed by atoms with E-state index in [2.05, 4.69) is 36.5 Å². The fraction of sp³-hybridized carbons (Fsp3) is 0.333. The molecule has 0 bridgehead atoms. The number of hydrogen-bond acceptors (Lipinski definition) is 3. The Labute approximate surface area is 168 Å². The lowest BCUT2D eigenvalue weighted by molar-refractivity contribution is -0.141. The van der Waals surface area contributed by atoms with Crippen LogP contribution in [0, 0.1) is 5.92 Å². The second kappa shape index (κ2) is 8.77. The summed E-state index contributed by atoms with van der Waals surface area (Å²) in [5.41, 5.74) is 3.04. The molecule has 1 heterocycles. The molecule has 0 aromatic heterocycles. The quantitative estimate of drug-likeness (QED) is 0.718. The van der Waals surface area contributed by atoms with Gasteiger partial charge in [0.15, 0.2) is 0 Å². The molecule has 6 heteroatoms. The van der Waals surface area contributed by atoms with Gasteiger partial charge in [0.05, 0.1) is 12.3 Å². The topological polar surface area (TPSA) is 55.4 Å². The van der Waals surface area contributed by atoms with Gasteiger partial charge in [0.2, 0.25) is 5.91 Å². The van der Waals surface area contributed by atoms with Gasteiger partial charge in [0, 0.05) is 22.2 Å². The molecule has 0 aliphatic carbocycles. The van der Waals surface area contributed by atoms with E-state index in [9.17, 15) is 9.59 Å². The average Bonchev–Trinajstić information content (AvgIpc) is 3.04. The molecule has 4 nitrogen and oxygen atoms in total. The Kier molecular flexibility index (Phi) is 6.40. The summed E-state index contributed by atoms with van der Waals surface area (Å²) in [5.74, 6) is -1.21. The molecular weight excluding hydrogens is 385 g/mol. The maximum atomic E-state index is 12.6. The lowest BCUT2D eigenvalue weighted by Gasteiger charge is -2.19. The molecule has 3 rings (SSSR count). The van der Waals surface area contributed by atoms with E-state index in [0.717, 1.165) is 18.4 Å². The smallest absolute Gasteiger partial charge is 0.307 e. The van der Waals surface area contributed by atoms with Gasteiger partial charge < -0.3 is 10.1 Å². The van der Waals surface area contributed by atoms with Gasteiger partial charge in [-0.25, -0.2) is 0 Å². The summed E-state index contributed by atoms with van der Waals surface area (Å²) in [5, 5.41) is 3.79. The third kappa shape index (κ3) is 4.82. The second-order valence-corrected chi connectivity index (χ2v) is 7.44. The van der Waals surface area contributed by atoms with Crippen LogP contribution >= 0.6 is 23.2 Å². The lowest BCUT2D eigenvalue weighted by atomic mass is 9.94.